The Morgan fingerprint density at radius 1 is 1.44 bits per heavy atom. The van der Waals surface area contributed by atoms with E-state index in [9.17, 15) is 4.79 Å². The second-order valence-corrected chi connectivity index (χ2v) is 8.58. The second kappa shape index (κ2) is 6.64. The summed E-state index contributed by atoms with van der Waals surface area (Å²) in [5.74, 6) is 0.220. The Morgan fingerprint density at radius 2 is 2.22 bits per heavy atom. The number of rotatable bonds is 3. The number of hydrogen-bond acceptors (Lipinski definition) is 3. The third-order valence-electron chi connectivity index (χ3n) is 3.49. The van der Waals surface area contributed by atoms with Gasteiger partial charge in [-0.25, -0.2) is 0 Å². The Hall–Kier alpha value is 0.290. The standard InChI is InChI=1S/C13H17Br2NOS/c1-9-5-3-2-4-6-16(9)8-11(17)10-7-12(14)18-13(10)15/h7,9H,2-6,8H2,1H3. The Labute approximate surface area is 129 Å². The number of thiophene rings is 1. The molecule has 0 radical (unpaired) electrons. The van der Waals surface area contributed by atoms with Crippen molar-refractivity contribution >= 4 is 49.0 Å². The van der Waals surface area contributed by atoms with Gasteiger partial charge in [0.2, 0.25) is 0 Å². The Morgan fingerprint density at radius 3 is 2.89 bits per heavy atom. The monoisotopic (exact) mass is 393 g/mol. The maximum Gasteiger partial charge on any atom is 0.178 e. The topological polar surface area (TPSA) is 20.3 Å². The van der Waals surface area contributed by atoms with Crippen LogP contribution < -0.4 is 0 Å². The van der Waals surface area contributed by atoms with Crippen molar-refractivity contribution in [2.45, 2.75) is 38.6 Å². The fourth-order valence-corrected chi connectivity index (χ4v) is 5.22. The number of ketones is 1. The number of carbonyl (C=O) groups is 1. The third kappa shape index (κ3) is 3.65. The van der Waals surface area contributed by atoms with Crippen molar-refractivity contribution in [3.63, 3.8) is 0 Å². The molecule has 0 aromatic carbocycles. The molecule has 1 fully saturated rings. The van der Waals surface area contributed by atoms with Crippen LogP contribution in [0.25, 0.3) is 0 Å². The van der Waals surface area contributed by atoms with Gasteiger partial charge < -0.3 is 0 Å². The molecule has 0 amide bonds. The van der Waals surface area contributed by atoms with Gasteiger partial charge in [-0.2, -0.15) is 0 Å². The van der Waals surface area contributed by atoms with Crippen LogP contribution in [0.3, 0.4) is 0 Å². The van der Waals surface area contributed by atoms with E-state index in [0.29, 0.717) is 12.6 Å². The molecule has 1 unspecified atom stereocenters. The van der Waals surface area contributed by atoms with Crippen molar-refractivity contribution in [1.29, 1.82) is 0 Å². The summed E-state index contributed by atoms with van der Waals surface area (Å²) in [6, 6.07) is 2.44. The Balaban J connectivity index is 2.04. The van der Waals surface area contributed by atoms with E-state index < -0.39 is 0 Å². The fraction of sp³-hybridized carbons (Fsp3) is 0.615. The summed E-state index contributed by atoms with van der Waals surface area (Å²) in [6.07, 6.45) is 5.01. The van der Waals surface area contributed by atoms with Crippen molar-refractivity contribution in [2.24, 2.45) is 0 Å². The molecule has 0 aliphatic carbocycles. The zero-order valence-corrected chi connectivity index (χ0v) is 14.4. The molecule has 0 saturated carbocycles. The van der Waals surface area contributed by atoms with E-state index in [-0.39, 0.29) is 5.78 Å². The van der Waals surface area contributed by atoms with Crippen molar-refractivity contribution in [3.05, 3.63) is 19.2 Å². The largest absolute Gasteiger partial charge is 0.293 e. The minimum absolute atomic E-state index is 0.220. The first-order valence-corrected chi connectivity index (χ1v) is 8.70. The summed E-state index contributed by atoms with van der Waals surface area (Å²) in [7, 11) is 0. The lowest BCUT2D eigenvalue weighted by atomic mass is 10.1. The van der Waals surface area contributed by atoms with E-state index in [0.717, 1.165) is 19.7 Å². The van der Waals surface area contributed by atoms with Crippen molar-refractivity contribution < 1.29 is 4.79 Å². The van der Waals surface area contributed by atoms with Gasteiger partial charge in [-0.15, -0.1) is 11.3 Å². The first-order valence-electron chi connectivity index (χ1n) is 6.30. The fourth-order valence-electron chi connectivity index (χ4n) is 2.37. The van der Waals surface area contributed by atoms with Crippen molar-refractivity contribution in [1.82, 2.24) is 4.90 Å². The van der Waals surface area contributed by atoms with Crippen molar-refractivity contribution in [2.75, 3.05) is 13.1 Å². The number of hydrogen-bond donors (Lipinski definition) is 0. The summed E-state index contributed by atoms with van der Waals surface area (Å²) in [6.45, 7) is 3.83. The molecule has 1 aromatic heterocycles. The summed E-state index contributed by atoms with van der Waals surface area (Å²) < 4.78 is 1.93. The number of nitrogens with zero attached hydrogens (tertiary/aromatic N) is 1. The van der Waals surface area contributed by atoms with Crippen molar-refractivity contribution in [3.8, 4) is 0 Å². The molecular weight excluding hydrogens is 378 g/mol. The number of carbonyl (C=O) groups excluding carboxylic acids is 1. The Kier molecular flexibility index (Phi) is 5.42. The summed E-state index contributed by atoms with van der Waals surface area (Å²) >= 11 is 8.44. The first kappa shape index (κ1) is 14.7. The maximum absolute atomic E-state index is 12.3. The molecule has 0 N–H and O–H groups in total. The van der Waals surface area contributed by atoms with Gasteiger partial charge in [0.05, 0.1) is 14.1 Å². The molecule has 2 heterocycles. The van der Waals surface area contributed by atoms with E-state index in [1.54, 1.807) is 11.3 Å². The molecule has 1 aliphatic heterocycles. The van der Waals surface area contributed by atoms with Gasteiger partial charge >= 0.3 is 0 Å². The molecule has 0 bridgehead atoms. The van der Waals surface area contributed by atoms with Crippen LogP contribution in [0.2, 0.25) is 0 Å². The molecule has 1 aliphatic rings. The van der Waals surface area contributed by atoms with Gasteiger partial charge in [0, 0.05) is 11.6 Å². The highest BCUT2D eigenvalue weighted by molar-refractivity contribution is 9.12. The minimum atomic E-state index is 0.220. The quantitative estimate of drug-likeness (QED) is 0.691. The lowest BCUT2D eigenvalue weighted by Gasteiger charge is -2.25. The van der Waals surface area contributed by atoms with E-state index in [1.165, 1.54) is 25.7 Å². The molecule has 18 heavy (non-hydrogen) atoms. The average molecular weight is 395 g/mol. The van der Waals surface area contributed by atoms with Crippen LogP contribution in [0, 0.1) is 0 Å². The maximum atomic E-state index is 12.3. The predicted octanol–water partition coefficient (Wildman–Crippen LogP) is 4.72. The highest BCUT2D eigenvalue weighted by Crippen LogP contribution is 2.32. The molecule has 2 rings (SSSR count). The van der Waals surface area contributed by atoms with Gasteiger partial charge in [-0.1, -0.05) is 12.8 Å². The zero-order valence-electron chi connectivity index (χ0n) is 10.4. The van der Waals surface area contributed by atoms with Gasteiger partial charge in [0.15, 0.2) is 5.78 Å². The molecule has 2 nitrogen and oxygen atoms in total. The van der Waals surface area contributed by atoms with Gasteiger partial charge in [0.1, 0.15) is 0 Å². The molecular formula is C13H17Br2NOS. The number of Topliss-reactive ketones (excluding diaryl/α,β-unsaturated/α-hetero) is 1. The van der Waals surface area contributed by atoms with Crippen LogP contribution in [-0.4, -0.2) is 29.8 Å². The SMILES string of the molecule is CC1CCCCCN1CC(=O)c1cc(Br)sc1Br. The van der Waals surface area contributed by atoms with Crippen LogP contribution in [0.1, 0.15) is 43.0 Å². The summed E-state index contributed by atoms with van der Waals surface area (Å²) in [5, 5.41) is 0. The second-order valence-electron chi connectivity index (χ2n) is 4.83. The van der Waals surface area contributed by atoms with E-state index in [1.807, 2.05) is 6.07 Å². The van der Waals surface area contributed by atoms with E-state index in [2.05, 4.69) is 43.7 Å². The minimum Gasteiger partial charge on any atom is -0.293 e. The normalized spacial score (nSPS) is 21.8. The van der Waals surface area contributed by atoms with Crippen LogP contribution in [-0.2, 0) is 0 Å². The first-order chi connectivity index (χ1) is 8.58. The van der Waals surface area contributed by atoms with Gasteiger partial charge in [-0.3, -0.25) is 9.69 Å². The number of likely N-dealkylation sites (tertiary alicyclic amines) is 1. The van der Waals surface area contributed by atoms with E-state index >= 15 is 0 Å². The zero-order chi connectivity index (χ0) is 13.1. The van der Waals surface area contributed by atoms with Gasteiger partial charge in [-0.05, 0) is 64.2 Å². The van der Waals surface area contributed by atoms with E-state index in [4.69, 9.17) is 0 Å². The van der Waals surface area contributed by atoms with Crippen LogP contribution in [0.15, 0.2) is 13.6 Å². The predicted molar refractivity (Wildman–Crippen MR) is 83.6 cm³/mol. The lowest BCUT2D eigenvalue weighted by molar-refractivity contribution is 0.0901. The van der Waals surface area contributed by atoms with Crippen LogP contribution in [0.5, 0.6) is 0 Å². The smallest absolute Gasteiger partial charge is 0.178 e. The molecule has 100 valence electrons. The molecule has 1 aromatic rings. The Bertz CT molecular complexity index is 433. The summed E-state index contributed by atoms with van der Waals surface area (Å²) in [5.41, 5.74) is 0.809. The molecule has 1 saturated heterocycles. The lowest BCUT2D eigenvalue weighted by Crippen LogP contribution is -2.37. The highest BCUT2D eigenvalue weighted by atomic mass is 79.9. The molecule has 0 spiro atoms. The van der Waals surface area contributed by atoms with Gasteiger partial charge in [0.25, 0.3) is 0 Å². The van der Waals surface area contributed by atoms with Crippen LogP contribution >= 0.6 is 43.2 Å². The molecule has 5 heteroatoms. The highest BCUT2D eigenvalue weighted by Gasteiger charge is 2.22. The van der Waals surface area contributed by atoms with Crippen LogP contribution in [0.4, 0.5) is 0 Å². The summed E-state index contributed by atoms with van der Waals surface area (Å²) in [4.78, 5) is 14.6. The molecule has 1 atom stereocenters. The third-order valence-corrected chi connectivity index (χ3v) is 5.83. The number of halogens is 2. The average Bonchev–Trinajstić information content (AvgIpc) is 2.52.